The molecule has 0 atom stereocenters. The first-order chi connectivity index (χ1) is 12.1. The number of piperidine rings is 1. The van der Waals surface area contributed by atoms with Gasteiger partial charge in [-0.25, -0.2) is 0 Å². The minimum Gasteiger partial charge on any atom is -0.372 e. The molecule has 0 unspecified atom stereocenters. The zero-order chi connectivity index (χ0) is 17.6. The van der Waals surface area contributed by atoms with Crippen molar-refractivity contribution >= 4 is 44.5 Å². The van der Waals surface area contributed by atoms with Crippen LogP contribution >= 0.6 is 27.3 Å². The Bertz CT molecular complexity index is 695. The third kappa shape index (κ3) is 5.56. The second kappa shape index (κ2) is 8.83. The number of halogens is 1. The summed E-state index contributed by atoms with van der Waals surface area (Å²) in [6, 6.07) is 12.3. The molecular weight excluding hydrogens is 398 g/mol. The smallest absolute Gasteiger partial charge is 0.238 e. The van der Waals surface area contributed by atoms with Crippen LogP contribution in [0.15, 0.2) is 40.2 Å². The molecule has 0 radical (unpaired) electrons. The summed E-state index contributed by atoms with van der Waals surface area (Å²) in [6.45, 7) is 3.42. The highest BCUT2D eigenvalue weighted by Crippen LogP contribution is 2.23. The molecular formula is C19H24BrN3OS. The third-order valence-electron chi connectivity index (χ3n) is 4.34. The Morgan fingerprint density at radius 2 is 1.88 bits per heavy atom. The van der Waals surface area contributed by atoms with Crippen LogP contribution in [0, 0.1) is 0 Å². The zero-order valence-corrected chi connectivity index (χ0v) is 16.9. The molecule has 6 heteroatoms. The Hall–Kier alpha value is -1.37. The van der Waals surface area contributed by atoms with Crippen molar-refractivity contribution in [3.63, 3.8) is 0 Å². The van der Waals surface area contributed by atoms with Crippen molar-refractivity contribution in [1.29, 1.82) is 0 Å². The van der Waals surface area contributed by atoms with Crippen molar-refractivity contribution in [3.8, 4) is 0 Å². The summed E-state index contributed by atoms with van der Waals surface area (Å²) in [5, 5.41) is 2.99. The van der Waals surface area contributed by atoms with Gasteiger partial charge < -0.3 is 10.2 Å². The molecule has 25 heavy (non-hydrogen) atoms. The van der Waals surface area contributed by atoms with Crippen LogP contribution < -0.4 is 10.2 Å². The average molecular weight is 422 g/mol. The maximum Gasteiger partial charge on any atom is 0.238 e. The fraction of sp³-hybridized carbons (Fsp3) is 0.421. The molecule has 0 aliphatic carbocycles. The van der Waals surface area contributed by atoms with Crippen LogP contribution in [0.25, 0.3) is 0 Å². The average Bonchev–Trinajstić information content (AvgIpc) is 3.01. The Kier molecular flexibility index (Phi) is 6.51. The Balaban J connectivity index is 1.48. The molecule has 1 saturated heterocycles. The summed E-state index contributed by atoms with van der Waals surface area (Å²) in [5.41, 5.74) is 2.11. The van der Waals surface area contributed by atoms with E-state index < -0.39 is 0 Å². The molecule has 0 spiro atoms. The number of nitrogens with zero attached hydrogens (tertiary/aromatic N) is 2. The van der Waals surface area contributed by atoms with Gasteiger partial charge in [0.1, 0.15) is 0 Å². The van der Waals surface area contributed by atoms with Gasteiger partial charge in [-0.15, -0.1) is 11.3 Å². The molecule has 1 aromatic heterocycles. The van der Waals surface area contributed by atoms with Crippen LogP contribution in [0.5, 0.6) is 0 Å². The highest BCUT2D eigenvalue weighted by atomic mass is 79.9. The van der Waals surface area contributed by atoms with E-state index in [2.05, 4.69) is 44.3 Å². The fourth-order valence-corrected chi connectivity index (χ4v) is 4.68. The van der Waals surface area contributed by atoms with Crippen LogP contribution in [0.2, 0.25) is 0 Å². The lowest BCUT2D eigenvalue weighted by Gasteiger charge is -2.28. The SMILES string of the molecule is CN(CC(=O)Nc1ccc(N2CCCCC2)cc1)Cc1ccc(Br)s1. The van der Waals surface area contributed by atoms with Crippen LogP contribution in [-0.4, -0.2) is 37.5 Å². The van der Waals surface area contributed by atoms with E-state index in [1.807, 2.05) is 30.1 Å². The van der Waals surface area contributed by atoms with Crippen LogP contribution in [0.3, 0.4) is 0 Å². The first kappa shape index (κ1) is 18.4. The Morgan fingerprint density at radius 3 is 2.52 bits per heavy atom. The maximum atomic E-state index is 12.2. The summed E-state index contributed by atoms with van der Waals surface area (Å²) in [6.07, 6.45) is 3.87. The van der Waals surface area contributed by atoms with E-state index in [4.69, 9.17) is 0 Å². The topological polar surface area (TPSA) is 35.6 Å². The summed E-state index contributed by atoms with van der Waals surface area (Å²) < 4.78 is 1.12. The monoisotopic (exact) mass is 421 g/mol. The van der Waals surface area contributed by atoms with Crippen molar-refractivity contribution in [2.45, 2.75) is 25.8 Å². The van der Waals surface area contributed by atoms with Gasteiger partial charge >= 0.3 is 0 Å². The van der Waals surface area contributed by atoms with E-state index in [1.165, 1.54) is 29.8 Å². The van der Waals surface area contributed by atoms with Gasteiger partial charge in [0, 0.05) is 35.9 Å². The molecule has 0 bridgehead atoms. The molecule has 1 aromatic carbocycles. The number of hydrogen-bond donors (Lipinski definition) is 1. The van der Waals surface area contributed by atoms with Crippen molar-refractivity contribution in [2.75, 3.05) is 36.9 Å². The van der Waals surface area contributed by atoms with Crippen LogP contribution in [-0.2, 0) is 11.3 Å². The van der Waals surface area contributed by atoms with Gasteiger partial charge in [0.25, 0.3) is 0 Å². The van der Waals surface area contributed by atoms with Crippen molar-refractivity contribution in [1.82, 2.24) is 4.90 Å². The zero-order valence-electron chi connectivity index (χ0n) is 14.5. The molecule has 0 saturated carbocycles. The molecule has 2 aromatic rings. The standard InChI is InChI=1S/C19H24BrN3OS/c1-22(13-17-9-10-18(20)25-17)14-19(24)21-15-5-7-16(8-6-15)23-11-3-2-4-12-23/h5-10H,2-4,11-14H2,1H3,(H,21,24). The summed E-state index contributed by atoms with van der Waals surface area (Å²) >= 11 is 5.17. The maximum absolute atomic E-state index is 12.2. The highest BCUT2D eigenvalue weighted by molar-refractivity contribution is 9.11. The van der Waals surface area contributed by atoms with E-state index >= 15 is 0 Å². The molecule has 1 aliphatic heterocycles. The van der Waals surface area contributed by atoms with Gasteiger partial charge in [0.15, 0.2) is 0 Å². The van der Waals surface area contributed by atoms with Gasteiger partial charge in [-0.3, -0.25) is 9.69 Å². The quantitative estimate of drug-likeness (QED) is 0.741. The van der Waals surface area contributed by atoms with Crippen molar-refractivity contribution in [2.24, 2.45) is 0 Å². The predicted octanol–water partition coefficient (Wildman–Crippen LogP) is 4.57. The lowest BCUT2D eigenvalue weighted by molar-refractivity contribution is -0.117. The number of rotatable bonds is 6. The van der Waals surface area contributed by atoms with E-state index in [0.29, 0.717) is 6.54 Å². The number of thiophene rings is 1. The number of hydrogen-bond acceptors (Lipinski definition) is 4. The number of anilines is 2. The number of carbonyl (C=O) groups excluding carboxylic acids is 1. The largest absolute Gasteiger partial charge is 0.372 e. The number of carbonyl (C=O) groups is 1. The minimum atomic E-state index is 0.0174. The fourth-order valence-electron chi connectivity index (χ4n) is 3.11. The van der Waals surface area contributed by atoms with E-state index in [-0.39, 0.29) is 5.91 Å². The highest BCUT2D eigenvalue weighted by Gasteiger charge is 2.12. The van der Waals surface area contributed by atoms with Gasteiger partial charge in [-0.2, -0.15) is 0 Å². The molecule has 4 nitrogen and oxygen atoms in total. The second-order valence-electron chi connectivity index (χ2n) is 6.52. The molecule has 1 amide bonds. The number of nitrogens with one attached hydrogen (secondary N) is 1. The van der Waals surface area contributed by atoms with Crippen molar-refractivity contribution < 1.29 is 4.79 Å². The first-order valence-electron chi connectivity index (χ1n) is 8.68. The molecule has 2 heterocycles. The number of benzene rings is 1. The predicted molar refractivity (Wildman–Crippen MR) is 109 cm³/mol. The molecule has 1 fully saturated rings. The van der Waals surface area contributed by atoms with Gasteiger partial charge in [-0.05, 0) is 78.6 Å². The molecule has 1 N–H and O–H groups in total. The first-order valence-corrected chi connectivity index (χ1v) is 10.3. The molecule has 134 valence electrons. The number of likely N-dealkylation sites (N-methyl/N-ethyl adjacent to an activating group) is 1. The van der Waals surface area contributed by atoms with E-state index in [9.17, 15) is 4.79 Å². The normalized spacial score (nSPS) is 14.8. The lowest BCUT2D eigenvalue weighted by Crippen LogP contribution is -2.30. The second-order valence-corrected chi connectivity index (χ2v) is 9.07. The summed E-state index contributed by atoms with van der Waals surface area (Å²) in [7, 11) is 1.96. The minimum absolute atomic E-state index is 0.0174. The number of amides is 1. The van der Waals surface area contributed by atoms with Crippen molar-refractivity contribution in [3.05, 3.63) is 45.1 Å². The van der Waals surface area contributed by atoms with E-state index in [1.54, 1.807) is 11.3 Å². The Morgan fingerprint density at radius 1 is 1.16 bits per heavy atom. The summed E-state index contributed by atoms with van der Waals surface area (Å²) in [4.78, 5) is 17.9. The van der Waals surface area contributed by atoms with Crippen LogP contribution in [0.1, 0.15) is 24.1 Å². The van der Waals surface area contributed by atoms with Gasteiger partial charge in [-0.1, -0.05) is 0 Å². The molecule has 1 aliphatic rings. The lowest BCUT2D eigenvalue weighted by atomic mass is 10.1. The third-order valence-corrected chi connectivity index (χ3v) is 5.95. The van der Waals surface area contributed by atoms with E-state index in [0.717, 1.165) is 29.1 Å². The van der Waals surface area contributed by atoms with Crippen LogP contribution in [0.4, 0.5) is 11.4 Å². The summed E-state index contributed by atoms with van der Waals surface area (Å²) in [5.74, 6) is 0.0174. The van der Waals surface area contributed by atoms with Gasteiger partial charge in [0.05, 0.1) is 10.3 Å². The molecule has 3 rings (SSSR count). The van der Waals surface area contributed by atoms with Gasteiger partial charge in [0.2, 0.25) is 5.91 Å². The Labute approximate surface area is 162 Å².